The van der Waals surface area contributed by atoms with Gasteiger partial charge < -0.3 is 4.90 Å². The minimum atomic E-state index is -0.0134. The highest BCUT2D eigenvalue weighted by Gasteiger charge is 2.30. The van der Waals surface area contributed by atoms with E-state index in [1.807, 2.05) is 29.2 Å². The number of nitrogens with zero attached hydrogens (tertiary/aromatic N) is 5. The van der Waals surface area contributed by atoms with Gasteiger partial charge in [-0.1, -0.05) is 18.2 Å². The molecule has 118 valence electrons. The monoisotopic (exact) mass is 310 g/mol. The molecule has 1 saturated heterocycles. The molecule has 23 heavy (non-hydrogen) atoms. The van der Waals surface area contributed by atoms with Crippen molar-refractivity contribution in [2.24, 2.45) is 0 Å². The average molecular weight is 310 g/mol. The van der Waals surface area contributed by atoms with Crippen LogP contribution in [0.15, 0.2) is 36.8 Å². The van der Waals surface area contributed by atoms with Crippen LogP contribution >= 0.6 is 0 Å². The number of likely N-dealkylation sites (tertiary alicyclic amines) is 1. The Balaban J connectivity index is 1.57. The van der Waals surface area contributed by atoms with E-state index in [0.717, 1.165) is 42.5 Å². The van der Waals surface area contributed by atoms with Crippen LogP contribution in [0.2, 0.25) is 0 Å². The molecule has 2 aromatic heterocycles. The number of amides is 1. The molecule has 1 atom stereocenters. The Hall–Kier alpha value is -2.70. The topological polar surface area (TPSA) is 79.7 Å². The van der Waals surface area contributed by atoms with E-state index in [1.54, 1.807) is 10.9 Å². The van der Waals surface area contributed by atoms with E-state index >= 15 is 0 Å². The van der Waals surface area contributed by atoms with Crippen LogP contribution < -0.4 is 0 Å². The molecule has 0 bridgehead atoms. The summed E-state index contributed by atoms with van der Waals surface area (Å²) >= 11 is 0. The Kier molecular flexibility index (Phi) is 3.53. The molecule has 1 aromatic carbocycles. The molecule has 0 spiro atoms. The van der Waals surface area contributed by atoms with Crippen LogP contribution in [-0.2, 0) is 11.3 Å². The van der Waals surface area contributed by atoms with Crippen molar-refractivity contribution in [2.45, 2.75) is 31.8 Å². The lowest BCUT2D eigenvalue weighted by atomic mass is 10.0. The molecule has 3 aromatic rings. The van der Waals surface area contributed by atoms with Crippen molar-refractivity contribution in [1.29, 1.82) is 0 Å². The van der Waals surface area contributed by atoms with E-state index in [4.69, 9.17) is 0 Å². The number of aromatic nitrogens is 5. The van der Waals surface area contributed by atoms with Crippen LogP contribution in [0.4, 0.5) is 0 Å². The number of carbonyl (C=O) groups is 1. The van der Waals surface area contributed by atoms with Crippen LogP contribution in [-0.4, -0.2) is 42.3 Å². The number of fused-ring (bicyclic) bond motifs is 1. The minimum Gasteiger partial charge on any atom is -0.331 e. The zero-order valence-corrected chi connectivity index (χ0v) is 12.7. The summed E-state index contributed by atoms with van der Waals surface area (Å²) in [6, 6.07) is 7.91. The molecule has 1 aliphatic heterocycles. The van der Waals surface area contributed by atoms with E-state index in [1.165, 1.54) is 6.33 Å². The van der Waals surface area contributed by atoms with Crippen molar-refractivity contribution in [2.75, 3.05) is 6.54 Å². The van der Waals surface area contributed by atoms with Crippen LogP contribution in [0.25, 0.3) is 10.9 Å². The quantitative estimate of drug-likeness (QED) is 0.801. The van der Waals surface area contributed by atoms with Crippen molar-refractivity contribution in [3.05, 3.63) is 42.6 Å². The van der Waals surface area contributed by atoms with Gasteiger partial charge in [-0.2, -0.15) is 10.2 Å². The molecule has 0 radical (unpaired) electrons. The van der Waals surface area contributed by atoms with E-state index in [-0.39, 0.29) is 18.5 Å². The number of hydrogen-bond donors (Lipinski definition) is 1. The van der Waals surface area contributed by atoms with Crippen LogP contribution in [0, 0.1) is 0 Å². The first-order chi connectivity index (χ1) is 11.3. The first-order valence-electron chi connectivity index (χ1n) is 7.88. The molecule has 1 aliphatic rings. The fraction of sp³-hybridized carbons (Fsp3) is 0.375. The molecule has 7 heteroatoms. The second-order valence-corrected chi connectivity index (χ2v) is 5.83. The van der Waals surface area contributed by atoms with Gasteiger partial charge in [-0.15, -0.1) is 0 Å². The number of benzene rings is 1. The predicted molar refractivity (Wildman–Crippen MR) is 84.4 cm³/mol. The highest BCUT2D eigenvalue weighted by molar-refractivity contribution is 5.82. The summed E-state index contributed by atoms with van der Waals surface area (Å²) in [6.45, 7) is 1.00. The largest absolute Gasteiger partial charge is 0.331 e. The molecule has 0 unspecified atom stereocenters. The van der Waals surface area contributed by atoms with Gasteiger partial charge in [0.2, 0.25) is 5.91 Å². The van der Waals surface area contributed by atoms with Crippen LogP contribution in [0.5, 0.6) is 0 Å². The Morgan fingerprint density at radius 1 is 1.30 bits per heavy atom. The minimum absolute atomic E-state index is 0.0134. The Labute approximate surface area is 133 Å². The number of nitrogens with one attached hydrogen (secondary N) is 1. The summed E-state index contributed by atoms with van der Waals surface area (Å²) < 4.78 is 1.77. The van der Waals surface area contributed by atoms with Crippen LogP contribution in [0.3, 0.4) is 0 Å². The van der Waals surface area contributed by atoms with Gasteiger partial charge in [0.25, 0.3) is 0 Å². The molecule has 7 nitrogen and oxygen atoms in total. The number of H-pyrrole nitrogens is 1. The molecule has 0 saturated carbocycles. The molecule has 1 N–H and O–H groups in total. The zero-order valence-electron chi connectivity index (χ0n) is 12.7. The maximum absolute atomic E-state index is 12.8. The zero-order chi connectivity index (χ0) is 15.6. The number of rotatable bonds is 3. The summed E-state index contributed by atoms with van der Waals surface area (Å²) in [4.78, 5) is 19.0. The van der Waals surface area contributed by atoms with Crippen molar-refractivity contribution >= 4 is 16.8 Å². The third kappa shape index (κ3) is 2.58. The number of carbonyl (C=O) groups excluding carboxylic acids is 1. The van der Waals surface area contributed by atoms with E-state index in [0.29, 0.717) is 0 Å². The summed E-state index contributed by atoms with van der Waals surface area (Å²) in [5, 5.41) is 12.2. The second-order valence-electron chi connectivity index (χ2n) is 5.83. The Bertz CT molecular complexity index is 809. The maximum Gasteiger partial charge on any atom is 0.244 e. The molecule has 1 amide bonds. The van der Waals surface area contributed by atoms with E-state index in [2.05, 4.69) is 20.3 Å². The van der Waals surface area contributed by atoms with Gasteiger partial charge in [-0.3, -0.25) is 14.6 Å². The Morgan fingerprint density at radius 2 is 2.22 bits per heavy atom. The van der Waals surface area contributed by atoms with Gasteiger partial charge in [0.15, 0.2) is 0 Å². The highest BCUT2D eigenvalue weighted by Crippen LogP contribution is 2.28. The van der Waals surface area contributed by atoms with E-state index < -0.39 is 0 Å². The smallest absolute Gasteiger partial charge is 0.244 e. The number of hydrogen-bond acceptors (Lipinski definition) is 4. The lowest BCUT2D eigenvalue weighted by Crippen LogP contribution is -2.40. The van der Waals surface area contributed by atoms with Crippen molar-refractivity contribution < 1.29 is 4.79 Å². The van der Waals surface area contributed by atoms with Gasteiger partial charge in [-0.05, 0) is 25.3 Å². The van der Waals surface area contributed by atoms with Crippen molar-refractivity contribution in [1.82, 2.24) is 29.9 Å². The lowest BCUT2D eigenvalue weighted by Gasteiger charge is -2.34. The molecule has 3 heterocycles. The summed E-state index contributed by atoms with van der Waals surface area (Å²) in [5.41, 5.74) is 0.981. The number of aromatic amines is 1. The van der Waals surface area contributed by atoms with E-state index in [9.17, 15) is 4.79 Å². The molecular weight excluding hydrogens is 292 g/mol. The summed E-state index contributed by atoms with van der Waals surface area (Å²) in [6.07, 6.45) is 6.33. The van der Waals surface area contributed by atoms with Gasteiger partial charge in [0, 0.05) is 11.9 Å². The maximum atomic E-state index is 12.8. The third-order valence-electron chi connectivity index (χ3n) is 4.41. The number of para-hydroxylation sites is 1. The predicted octanol–water partition coefficient (Wildman–Crippen LogP) is 1.91. The van der Waals surface area contributed by atoms with Crippen molar-refractivity contribution in [3.63, 3.8) is 0 Å². The molecule has 0 aliphatic carbocycles. The molecule has 1 fully saturated rings. The Morgan fingerprint density at radius 3 is 3.09 bits per heavy atom. The molecular formula is C16H18N6O. The lowest BCUT2D eigenvalue weighted by molar-refractivity contribution is -0.136. The fourth-order valence-corrected chi connectivity index (χ4v) is 3.26. The van der Waals surface area contributed by atoms with Gasteiger partial charge in [0.1, 0.15) is 18.7 Å². The summed E-state index contributed by atoms with van der Waals surface area (Å²) in [7, 11) is 0. The van der Waals surface area contributed by atoms with Crippen LogP contribution in [0.1, 0.15) is 31.1 Å². The fourth-order valence-electron chi connectivity index (χ4n) is 3.26. The standard InChI is InChI=1S/C16H18N6O/c23-15(10-22-13-6-2-1-5-12(13)9-19-22)21-8-4-3-7-14(21)16-17-11-18-20-16/h1-2,5-6,9,11,14H,3-4,7-8,10H2,(H,17,18,20)/t14-/m0/s1. The first-order valence-corrected chi connectivity index (χ1v) is 7.88. The van der Waals surface area contributed by atoms with Gasteiger partial charge in [0.05, 0.1) is 17.8 Å². The SMILES string of the molecule is O=C(Cn1ncc2ccccc21)N1CCCC[C@H]1c1ncn[nH]1. The molecule has 4 rings (SSSR count). The normalized spacial score (nSPS) is 18.4. The van der Waals surface area contributed by atoms with Crippen molar-refractivity contribution in [3.8, 4) is 0 Å². The first kappa shape index (κ1) is 13.9. The second kappa shape index (κ2) is 5.83. The number of piperidine rings is 1. The average Bonchev–Trinajstić information content (AvgIpc) is 3.25. The third-order valence-corrected chi connectivity index (χ3v) is 4.41. The summed E-state index contributed by atoms with van der Waals surface area (Å²) in [5.74, 6) is 0.836. The van der Waals surface area contributed by atoms with Gasteiger partial charge >= 0.3 is 0 Å². The van der Waals surface area contributed by atoms with Gasteiger partial charge in [-0.25, -0.2) is 4.98 Å². The highest BCUT2D eigenvalue weighted by atomic mass is 16.2.